The summed E-state index contributed by atoms with van der Waals surface area (Å²) in [7, 11) is 0. The molecule has 1 aliphatic carbocycles. The average molecular weight is 274 g/mol. The lowest BCUT2D eigenvalue weighted by molar-refractivity contribution is 0.222. The van der Waals surface area contributed by atoms with Crippen LogP contribution in [0.4, 0.5) is 0 Å². The standard InChI is InChI=1S/C16H22N2O2/c1-2-19-15-11-13(5-9-17)3-4-14(15)20-12-16(6-7-16)8-10-18/h3-4,11H,2,5-9,12,17H2,1H3. The summed E-state index contributed by atoms with van der Waals surface area (Å²) in [5.41, 5.74) is 6.81. The predicted octanol–water partition coefficient (Wildman–Crippen LogP) is 2.66. The number of hydrogen-bond donors (Lipinski definition) is 1. The van der Waals surface area contributed by atoms with Gasteiger partial charge in [0.05, 0.1) is 19.3 Å². The third-order valence-corrected chi connectivity index (χ3v) is 3.69. The first-order valence-electron chi connectivity index (χ1n) is 7.18. The van der Waals surface area contributed by atoms with E-state index in [1.165, 1.54) is 0 Å². The molecule has 0 aliphatic heterocycles. The fourth-order valence-corrected chi connectivity index (χ4v) is 2.21. The molecule has 1 saturated carbocycles. The van der Waals surface area contributed by atoms with E-state index in [2.05, 4.69) is 6.07 Å². The van der Waals surface area contributed by atoms with Crippen LogP contribution in [0.1, 0.15) is 31.7 Å². The Morgan fingerprint density at radius 1 is 1.30 bits per heavy atom. The maximum atomic E-state index is 8.83. The Labute approximate surface area is 120 Å². The summed E-state index contributed by atoms with van der Waals surface area (Å²) in [5.74, 6) is 1.53. The van der Waals surface area contributed by atoms with Gasteiger partial charge in [-0.1, -0.05) is 6.07 Å². The van der Waals surface area contributed by atoms with Crippen molar-refractivity contribution in [2.45, 2.75) is 32.6 Å². The minimum Gasteiger partial charge on any atom is -0.490 e. The number of ether oxygens (including phenoxy) is 2. The molecule has 20 heavy (non-hydrogen) atoms. The van der Waals surface area contributed by atoms with E-state index in [1.54, 1.807) is 0 Å². The summed E-state index contributed by atoms with van der Waals surface area (Å²) >= 11 is 0. The molecule has 2 N–H and O–H groups in total. The van der Waals surface area contributed by atoms with Gasteiger partial charge < -0.3 is 15.2 Å². The van der Waals surface area contributed by atoms with Crippen molar-refractivity contribution < 1.29 is 9.47 Å². The van der Waals surface area contributed by atoms with Gasteiger partial charge in [-0.05, 0) is 50.4 Å². The Balaban J connectivity index is 2.04. The predicted molar refractivity (Wildman–Crippen MR) is 77.8 cm³/mol. The van der Waals surface area contributed by atoms with Gasteiger partial charge >= 0.3 is 0 Å². The molecule has 108 valence electrons. The number of nitriles is 1. The molecule has 0 bridgehead atoms. The molecule has 4 heteroatoms. The largest absolute Gasteiger partial charge is 0.490 e. The van der Waals surface area contributed by atoms with E-state index in [9.17, 15) is 0 Å². The molecular formula is C16H22N2O2. The molecule has 1 fully saturated rings. The highest BCUT2D eigenvalue weighted by molar-refractivity contribution is 5.43. The van der Waals surface area contributed by atoms with E-state index in [0.717, 1.165) is 36.3 Å². The number of benzene rings is 1. The highest BCUT2D eigenvalue weighted by Gasteiger charge is 2.43. The second kappa shape index (κ2) is 6.62. The lowest BCUT2D eigenvalue weighted by Gasteiger charge is -2.16. The van der Waals surface area contributed by atoms with Gasteiger partial charge in [-0.15, -0.1) is 0 Å². The molecule has 0 amide bonds. The lowest BCUT2D eigenvalue weighted by atomic mass is 10.1. The first-order valence-corrected chi connectivity index (χ1v) is 7.18. The van der Waals surface area contributed by atoms with Crippen LogP contribution in [0, 0.1) is 16.7 Å². The molecule has 0 radical (unpaired) electrons. The van der Waals surface area contributed by atoms with Gasteiger partial charge in [0.25, 0.3) is 0 Å². The van der Waals surface area contributed by atoms with Gasteiger partial charge in [0.2, 0.25) is 0 Å². The third kappa shape index (κ3) is 3.64. The van der Waals surface area contributed by atoms with Crippen LogP contribution in [-0.4, -0.2) is 19.8 Å². The second-order valence-electron chi connectivity index (χ2n) is 5.38. The van der Waals surface area contributed by atoms with Gasteiger partial charge in [0.15, 0.2) is 11.5 Å². The van der Waals surface area contributed by atoms with Crippen LogP contribution in [0.3, 0.4) is 0 Å². The quantitative estimate of drug-likeness (QED) is 0.791. The molecule has 0 aromatic heterocycles. The molecule has 0 atom stereocenters. The zero-order chi connectivity index (χ0) is 14.4. The zero-order valence-corrected chi connectivity index (χ0v) is 12.0. The van der Waals surface area contributed by atoms with Gasteiger partial charge in [-0.3, -0.25) is 0 Å². The molecule has 1 aromatic rings. The molecule has 0 saturated heterocycles. The fraction of sp³-hybridized carbons (Fsp3) is 0.562. The van der Waals surface area contributed by atoms with E-state index >= 15 is 0 Å². The summed E-state index contributed by atoms with van der Waals surface area (Å²) in [6, 6.07) is 8.21. The van der Waals surface area contributed by atoms with E-state index in [1.807, 2.05) is 25.1 Å². The Morgan fingerprint density at radius 3 is 2.70 bits per heavy atom. The summed E-state index contributed by atoms with van der Waals surface area (Å²) in [6.45, 7) is 3.77. The molecule has 4 nitrogen and oxygen atoms in total. The minimum absolute atomic E-state index is 0.0775. The van der Waals surface area contributed by atoms with E-state index in [4.69, 9.17) is 20.5 Å². The SMILES string of the molecule is CCOc1cc(CCN)ccc1OCC1(CC#N)CC1. The Hall–Kier alpha value is -1.73. The van der Waals surface area contributed by atoms with Crippen molar-refractivity contribution in [3.8, 4) is 17.6 Å². The molecule has 1 aromatic carbocycles. The minimum atomic E-state index is 0.0775. The van der Waals surface area contributed by atoms with Crippen molar-refractivity contribution in [3.63, 3.8) is 0 Å². The van der Waals surface area contributed by atoms with Crippen molar-refractivity contribution in [1.82, 2.24) is 0 Å². The lowest BCUT2D eigenvalue weighted by Crippen LogP contribution is -2.13. The van der Waals surface area contributed by atoms with Crippen LogP contribution in [-0.2, 0) is 6.42 Å². The van der Waals surface area contributed by atoms with Crippen molar-refractivity contribution in [2.24, 2.45) is 11.1 Å². The van der Waals surface area contributed by atoms with Crippen molar-refractivity contribution in [2.75, 3.05) is 19.8 Å². The smallest absolute Gasteiger partial charge is 0.161 e. The summed E-state index contributed by atoms with van der Waals surface area (Å²) in [6.07, 6.45) is 3.56. The monoisotopic (exact) mass is 274 g/mol. The van der Waals surface area contributed by atoms with Crippen molar-refractivity contribution in [1.29, 1.82) is 5.26 Å². The molecule has 0 heterocycles. The maximum absolute atomic E-state index is 8.83. The molecular weight excluding hydrogens is 252 g/mol. The average Bonchev–Trinajstić information content (AvgIpc) is 3.19. The van der Waals surface area contributed by atoms with Crippen LogP contribution < -0.4 is 15.2 Å². The first kappa shape index (κ1) is 14.7. The topological polar surface area (TPSA) is 68.3 Å². The summed E-state index contributed by atoms with van der Waals surface area (Å²) < 4.78 is 11.5. The number of hydrogen-bond acceptors (Lipinski definition) is 4. The van der Waals surface area contributed by atoms with Crippen LogP contribution in [0.2, 0.25) is 0 Å². The van der Waals surface area contributed by atoms with Crippen molar-refractivity contribution >= 4 is 0 Å². The molecule has 2 rings (SSSR count). The number of rotatable bonds is 8. The fourth-order valence-electron chi connectivity index (χ4n) is 2.21. The Bertz CT molecular complexity index is 490. The summed E-state index contributed by atoms with van der Waals surface area (Å²) in [4.78, 5) is 0. The van der Waals surface area contributed by atoms with Gasteiger partial charge in [-0.25, -0.2) is 0 Å². The first-order chi connectivity index (χ1) is 9.73. The molecule has 0 spiro atoms. The highest BCUT2D eigenvalue weighted by atomic mass is 16.5. The van der Waals surface area contributed by atoms with Gasteiger partial charge in [-0.2, -0.15) is 5.26 Å². The van der Waals surface area contributed by atoms with Crippen LogP contribution in [0.15, 0.2) is 18.2 Å². The second-order valence-corrected chi connectivity index (χ2v) is 5.38. The Kier molecular flexibility index (Phi) is 4.86. The highest BCUT2D eigenvalue weighted by Crippen LogP contribution is 2.49. The van der Waals surface area contributed by atoms with E-state index in [0.29, 0.717) is 26.2 Å². The zero-order valence-electron chi connectivity index (χ0n) is 12.0. The van der Waals surface area contributed by atoms with E-state index < -0.39 is 0 Å². The van der Waals surface area contributed by atoms with Crippen LogP contribution >= 0.6 is 0 Å². The third-order valence-electron chi connectivity index (χ3n) is 3.69. The Morgan fingerprint density at radius 2 is 2.10 bits per heavy atom. The van der Waals surface area contributed by atoms with Gasteiger partial charge in [0, 0.05) is 11.8 Å². The van der Waals surface area contributed by atoms with Gasteiger partial charge in [0.1, 0.15) is 0 Å². The molecule has 0 unspecified atom stereocenters. The molecule has 1 aliphatic rings. The van der Waals surface area contributed by atoms with Crippen molar-refractivity contribution in [3.05, 3.63) is 23.8 Å². The van der Waals surface area contributed by atoms with Crippen LogP contribution in [0.25, 0.3) is 0 Å². The number of nitrogens with two attached hydrogens (primary N) is 1. The maximum Gasteiger partial charge on any atom is 0.161 e. The summed E-state index contributed by atoms with van der Waals surface area (Å²) in [5, 5.41) is 8.83. The number of nitrogens with zero attached hydrogens (tertiary/aromatic N) is 1. The van der Waals surface area contributed by atoms with E-state index in [-0.39, 0.29) is 5.41 Å². The van der Waals surface area contributed by atoms with Crippen LogP contribution in [0.5, 0.6) is 11.5 Å². The normalized spacial score (nSPS) is 15.4.